The number of pyridine rings is 2. The van der Waals surface area contributed by atoms with Gasteiger partial charge in [-0.1, -0.05) is 12.1 Å². The third-order valence-electron chi connectivity index (χ3n) is 3.81. The van der Waals surface area contributed by atoms with Crippen molar-refractivity contribution in [2.75, 3.05) is 0 Å². The smallest absolute Gasteiger partial charge is 0.120 e. The van der Waals surface area contributed by atoms with E-state index in [1.54, 1.807) is 12.4 Å². The Labute approximate surface area is 183 Å². The fraction of sp³-hybridized carbons (Fsp3) is 0. The maximum Gasteiger partial charge on any atom is 0.120 e. The molecule has 0 saturated carbocycles. The van der Waals surface area contributed by atoms with Crippen molar-refractivity contribution >= 4 is 74.5 Å². The van der Waals surface area contributed by atoms with E-state index in [9.17, 15) is 0 Å². The van der Waals surface area contributed by atoms with Gasteiger partial charge in [0.2, 0.25) is 0 Å². The third kappa shape index (κ3) is 3.02. The van der Waals surface area contributed by atoms with Crippen LogP contribution in [0.15, 0.2) is 66.7 Å². The zero-order valence-corrected chi connectivity index (χ0v) is 19.3. The van der Waals surface area contributed by atoms with Crippen LogP contribution < -0.4 is 0 Å². The minimum absolute atomic E-state index is 0.695. The molecule has 0 fully saturated rings. The van der Waals surface area contributed by atoms with Gasteiger partial charge in [-0.3, -0.25) is 9.97 Å². The highest BCUT2D eigenvalue weighted by atomic mass is 79.9. The number of aromatic nitrogens is 4. The van der Waals surface area contributed by atoms with E-state index in [2.05, 4.69) is 83.9 Å². The number of halogens is 4. The Morgan fingerprint density at radius 2 is 0.962 bits per heavy atom. The average Bonchev–Trinajstić information content (AvgIpc) is 2.71. The lowest BCUT2D eigenvalue weighted by Crippen LogP contribution is -1.99. The molecular formula is C18H8Br4N4. The second kappa shape index (κ2) is 7.42. The molecule has 0 saturated heterocycles. The summed E-state index contributed by atoms with van der Waals surface area (Å²) < 4.78 is 3.51. The van der Waals surface area contributed by atoms with E-state index in [1.807, 2.05) is 36.4 Å². The van der Waals surface area contributed by atoms with E-state index in [4.69, 9.17) is 0 Å². The first-order valence-electron chi connectivity index (χ1n) is 7.44. The van der Waals surface area contributed by atoms with Crippen LogP contribution >= 0.6 is 63.7 Å². The molecule has 0 bridgehead atoms. The Morgan fingerprint density at radius 1 is 0.538 bits per heavy atom. The molecule has 0 radical (unpaired) electrons. The molecule has 0 unspecified atom stereocenters. The molecule has 0 aliphatic rings. The Kier molecular flexibility index (Phi) is 5.18. The summed E-state index contributed by atoms with van der Waals surface area (Å²) in [7, 11) is 0. The highest BCUT2D eigenvalue weighted by Crippen LogP contribution is 2.47. The molecular weight excluding hydrogens is 592 g/mol. The lowest BCUT2D eigenvalue weighted by atomic mass is 10.0. The van der Waals surface area contributed by atoms with Crippen molar-refractivity contribution in [2.24, 2.45) is 0 Å². The quantitative estimate of drug-likeness (QED) is 0.188. The lowest BCUT2D eigenvalue weighted by molar-refractivity contribution is 1.04. The lowest BCUT2D eigenvalue weighted by Gasteiger charge is -2.15. The summed E-state index contributed by atoms with van der Waals surface area (Å²) >= 11 is 14.7. The fourth-order valence-electron chi connectivity index (χ4n) is 2.64. The SMILES string of the molecule is Brc1c(Br)c(Br)c2c(-c3ccccn3)nnc(-c3ccccn3)c2c1Br. The van der Waals surface area contributed by atoms with E-state index in [-0.39, 0.29) is 0 Å². The van der Waals surface area contributed by atoms with Gasteiger partial charge in [0.1, 0.15) is 11.4 Å². The highest BCUT2D eigenvalue weighted by Gasteiger charge is 2.23. The summed E-state index contributed by atoms with van der Waals surface area (Å²) in [5, 5.41) is 10.8. The van der Waals surface area contributed by atoms with Crippen molar-refractivity contribution in [3.05, 3.63) is 66.7 Å². The van der Waals surface area contributed by atoms with Gasteiger partial charge in [-0.25, -0.2) is 0 Å². The van der Waals surface area contributed by atoms with Crippen molar-refractivity contribution in [2.45, 2.75) is 0 Å². The van der Waals surface area contributed by atoms with Crippen LogP contribution in [0.25, 0.3) is 33.5 Å². The van der Waals surface area contributed by atoms with Gasteiger partial charge in [-0.05, 0) is 88.0 Å². The first-order chi connectivity index (χ1) is 12.6. The summed E-state index contributed by atoms with van der Waals surface area (Å²) in [6.07, 6.45) is 3.48. The topological polar surface area (TPSA) is 51.6 Å². The van der Waals surface area contributed by atoms with Crippen LogP contribution in [0, 0.1) is 0 Å². The van der Waals surface area contributed by atoms with Gasteiger partial charge < -0.3 is 0 Å². The van der Waals surface area contributed by atoms with E-state index >= 15 is 0 Å². The van der Waals surface area contributed by atoms with Gasteiger partial charge in [-0.2, -0.15) is 0 Å². The summed E-state index contributed by atoms with van der Waals surface area (Å²) in [6, 6.07) is 11.4. The predicted molar refractivity (Wildman–Crippen MR) is 117 cm³/mol. The maximum atomic E-state index is 4.49. The summed E-state index contributed by atoms with van der Waals surface area (Å²) in [6.45, 7) is 0. The van der Waals surface area contributed by atoms with Crippen LogP contribution in [-0.2, 0) is 0 Å². The normalized spacial score (nSPS) is 11.1. The Hall–Kier alpha value is -1.22. The van der Waals surface area contributed by atoms with Crippen LogP contribution in [0.3, 0.4) is 0 Å². The zero-order valence-electron chi connectivity index (χ0n) is 12.9. The number of fused-ring (bicyclic) bond motifs is 1. The van der Waals surface area contributed by atoms with Crippen LogP contribution in [0.2, 0.25) is 0 Å². The molecule has 26 heavy (non-hydrogen) atoms. The molecule has 0 aliphatic carbocycles. The standard InChI is InChI=1S/C18H8Br4N4/c19-13-11-12(14(20)16(22)15(13)21)18(10-6-2-4-8-24-10)26-25-17(11)9-5-1-3-7-23-9/h1-8H. The molecule has 0 N–H and O–H groups in total. The molecule has 0 amide bonds. The monoisotopic (exact) mass is 596 g/mol. The van der Waals surface area contributed by atoms with Crippen molar-refractivity contribution in [3.63, 3.8) is 0 Å². The first kappa shape index (κ1) is 18.2. The van der Waals surface area contributed by atoms with E-state index in [1.165, 1.54) is 0 Å². The molecule has 3 heterocycles. The molecule has 0 spiro atoms. The molecule has 3 aromatic heterocycles. The molecule has 4 nitrogen and oxygen atoms in total. The van der Waals surface area contributed by atoms with Crippen molar-refractivity contribution < 1.29 is 0 Å². The highest BCUT2D eigenvalue weighted by molar-refractivity contribution is 9.15. The van der Waals surface area contributed by atoms with E-state index in [0.717, 1.165) is 40.1 Å². The number of hydrogen-bond donors (Lipinski definition) is 0. The van der Waals surface area contributed by atoms with Crippen LogP contribution in [0.5, 0.6) is 0 Å². The van der Waals surface area contributed by atoms with Gasteiger partial charge >= 0.3 is 0 Å². The van der Waals surface area contributed by atoms with E-state index < -0.39 is 0 Å². The van der Waals surface area contributed by atoms with Crippen molar-refractivity contribution in [1.29, 1.82) is 0 Å². The Morgan fingerprint density at radius 3 is 1.31 bits per heavy atom. The maximum absolute atomic E-state index is 4.49. The number of nitrogens with zero attached hydrogens (tertiary/aromatic N) is 4. The van der Waals surface area contributed by atoms with Gasteiger partial charge in [0.25, 0.3) is 0 Å². The van der Waals surface area contributed by atoms with Crippen LogP contribution in [-0.4, -0.2) is 20.2 Å². The van der Waals surface area contributed by atoms with Crippen LogP contribution in [0.4, 0.5) is 0 Å². The summed E-state index contributed by atoms with van der Waals surface area (Å²) in [5.74, 6) is 0. The van der Waals surface area contributed by atoms with Crippen molar-refractivity contribution in [1.82, 2.24) is 20.2 Å². The van der Waals surface area contributed by atoms with E-state index in [0.29, 0.717) is 11.4 Å². The fourth-order valence-corrected chi connectivity index (χ4v) is 5.13. The molecule has 128 valence electrons. The molecule has 0 atom stereocenters. The Bertz CT molecular complexity index is 1030. The summed E-state index contributed by atoms with van der Waals surface area (Å²) in [4.78, 5) is 8.89. The zero-order chi connectivity index (χ0) is 18.3. The minimum Gasteiger partial charge on any atom is -0.255 e. The minimum atomic E-state index is 0.695. The third-order valence-corrected chi connectivity index (χ3v) is 8.57. The van der Waals surface area contributed by atoms with Gasteiger partial charge in [-0.15, -0.1) is 10.2 Å². The average molecular weight is 600 g/mol. The van der Waals surface area contributed by atoms with Gasteiger partial charge in [0, 0.05) is 41.1 Å². The second-order valence-electron chi connectivity index (χ2n) is 5.33. The molecule has 0 aliphatic heterocycles. The molecule has 1 aromatic carbocycles. The first-order valence-corrected chi connectivity index (χ1v) is 10.6. The Balaban J connectivity index is 2.18. The molecule has 8 heteroatoms. The number of hydrogen-bond acceptors (Lipinski definition) is 4. The van der Waals surface area contributed by atoms with Crippen LogP contribution in [0.1, 0.15) is 0 Å². The number of rotatable bonds is 2. The summed E-state index contributed by atoms with van der Waals surface area (Å²) in [5.41, 5.74) is 2.89. The van der Waals surface area contributed by atoms with Gasteiger partial charge in [0.05, 0.1) is 11.4 Å². The molecule has 4 aromatic rings. The second-order valence-corrected chi connectivity index (χ2v) is 8.51. The van der Waals surface area contributed by atoms with Crippen molar-refractivity contribution in [3.8, 4) is 22.8 Å². The molecule has 4 rings (SSSR count). The van der Waals surface area contributed by atoms with Gasteiger partial charge in [0.15, 0.2) is 0 Å². The predicted octanol–water partition coefficient (Wildman–Crippen LogP) is 6.80. The number of benzene rings is 1. The largest absolute Gasteiger partial charge is 0.255 e.